The van der Waals surface area contributed by atoms with Crippen LogP contribution in [0.15, 0.2) is 79.3 Å². The minimum Gasteiger partial charge on any atom is -0.374 e. The van der Waals surface area contributed by atoms with Crippen LogP contribution in [0.25, 0.3) is 5.65 Å². The summed E-state index contributed by atoms with van der Waals surface area (Å²) in [6.07, 6.45) is 3.93. The Morgan fingerprint density at radius 1 is 1.06 bits per heavy atom. The molecule has 8 nitrogen and oxygen atoms in total. The third-order valence-electron chi connectivity index (χ3n) is 6.28. The molecule has 2 N–H and O–H groups in total. The van der Waals surface area contributed by atoms with Gasteiger partial charge in [-0.1, -0.05) is 67.6 Å². The normalized spacial score (nSPS) is 11.7. The molecule has 0 aliphatic heterocycles. The number of aromatic nitrogens is 5. The summed E-state index contributed by atoms with van der Waals surface area (Å²) in [6, 6.07) is 20.9. The van der Waals surface area contributed by atoms with E-state index in [1.807, 2.05) is 85.0 Å². The smallest absolute Gasteiger partial charge is 0.260 e. The lowest BCUT2D eigenvalue weighted by Crippen LogP contribution is -2.30. The molecule has 5 rings (SSSR count). The number of pyridine rings is 1. The molecule has 36 heavy (non-hydrogen) atoms. The number of nitrogens with zero attached hydrogens (tertiary/aromatic N) is 5. The van der Waals surface area contributed by atoms with E-state index in [1.165, 1.54) is 0 Å². The van der Waals surface area contributed by atoms with Crippen LogP contribution < -0.4 is 10.6 Å². The van der Waals surface area contributed by atoms with Crippen LogP contribution in [0.5, 0.6) is 0 Å². The Morgan fingerprint density at radius 3 is 2.25 bits per heavy atom. The number of carbonyl (C=O) groups excluding carboxylic acids is 1. The number of nitrogens with one attached hydrogen (secondary N) is 1. The number of aryl methyl sites for hydroxylation is 2. The second-order valence-electron chi connectivity index (χ2n) is 8.45. The SMILES string of the molecule is CCc1c(C(O)(c2ccccc2)c2ccccc2)nc2cc(P)c(C(=O)Nc3ncn(CC)n3)cn12. The van der Waals surface area contributed by atoms with Gasteiger partial charge in [0.25, 0.3) is 5.91 Å². The Bertz CT molecular complexity index is 1490. The van der Waals surface area contributed by atoms with Gasteiger partial charge in [-0.25, -0.2) is 9.97 Å². The van der Waals surface area contributed by atoms with Crippen molar-refractivity contribution in [2.24, 2.45) is 0 Å². The summed E-state index contributed by atoms with van der Waals surface area (Å²) in [5.41, 5.74) is 2.40. The number of imidazole rings is 1. The molecule has 1 amide bonds. The van der Waals surface area contributed by atoms with Gasteiger partial charge in [0, 0.05) is 18.4 Å². The number of fused-ring (bicyclic) bond motifs is 1. The van der Waals surface area contributed by atoms with Crippen LogP contribution in [-0.4, -0.2) is 35.2 Å². The topological polar surface area (TPSA) is 97.3 Å². The lowest BCUT2D eigenvalue weighted by Gasteiger charge is -2.29. The fourth-order valence-electron chi connectivity index (χ4n) is 4.44. The Hall–Kier alpha value is -3.87. The molecule has 0 fully saturated rings. The van der Waals surface area contributed by atoms with E-state index in [9.17, 15) is 9.90 Å². The Labute approximate surface area is 211 Å². The predicted octanol–water partition coefficient (Wildman–Crippen LogP) is 3.55. The van der Waals surface area contributed by atoms with Gasteiger partial charge in [-0.05, 0) is 35.8 Å². The van der Waals surface area contributed by atoms with Crippen molar-refractivity contribution in [3.63, 3.8) is 0 Å². The summed E-state index contributed by atoms with van der Waals surface area (Å²) in [6.45, 7) is 4.62. The predicted molar refractivity (Wildman–Crippen MR) is 143 cm³/mol. The van der Waals surface area contributed by atoms with Crippen molar-refractivity contribution in [3.8, 4) is 0 Å². The van der Waals surface area contributed by atoms with E-state index >= 15 is 0 Å². The maximum atomic E-state index is 13.1. The van der Waals surface area contributed by atoms with Crippen LogP contribution in [-0.2, 0) is 18.6 Å². The Balaban J connectivity index is 1.65. The molecule has 1 atom stereocenters. The lowest BCUT2D eigenvalue weighted by molar-refractivity contribution is 0.102. The monoisotopic (exact) mass is 498 g/mol. The first kappa shape index (κ1) is 23.9. The first-order chi connectivity index (χ1) is 17.5. The van der Waals surface area contributed by atoms with Gasteiger partial charge >= 0.3 is 0 Å². The van der Waals surface area contributed by atoms with Crippen molar-refractivity contribution in [2.45, 2.75) is 32.4 Å². The molecule has 1 unspecified atom stereocenters. The second-order valence-corrected chi connectivity index (χ2v) is 9.07. The van der Waals surface area contributed by atoms with Crippen LogP contribution in [0.1, 0.15) is 46.7 Å². The quantitative estimate of drug-likeness (QED) is 0.335. The molecule has 0 radical (unpaired) electrons. The summed E-state index contributed by atoms with van der Waals surface area (Å²) in [4.78, 5) is 22.2. The maximum absolute atomic E-state index is 13.1. The lowest BCUT2D eigenvalue weighted by atomic mass is 9.82. The molecule has 0 bridgehead atoms. The van der Waals surface area contributed by atoms with Crippen molar-refractivity contribution in [1.82, 2.24) is 24.1 Å². The molecular formula is C27H27N6O2P. The van der Waals surface area contributed by atoms with E-state index in [0.717, 1.165) is 16.8 Å². The molecule has 0 saturated heterocycles. The maximum Gasteiger partial charge on any atom is 0.260 e. The molecule has 0 saturated carbocycles. The molecular weight excluding hydrogens is 471 g/mol. The van der Waals surface area contributed by atoms with Crippen LogP contribution in [0.2, 0.25) is 0 Å². The highest BCUT2D eigenvalue weighted by Gasteiger charge is 2.38. The average Bonchev–Trinajstić information content (AvgIpc) is 3.52. The average molecular weight is 499 g/mol. The molecule has 0 aliphatic rings. The Morgan fingerprint density at radius 2 is 1.69 bits per heavy atom. The van der Waals surface area contributed by atoms with E-state index in [0.29, 0.717) is 35.2 Å². The number of rotatable bonds is 7. The van der Waals surface area contributed by atoms with Crippen LogP contribution in [0, 0.1) is 0 Å². The number of carbonyl (C=O) groups is 1. The molecule has 0 aliphatic carbocycles. The molecule has 182 valence electrons. The third kappa shape index (κ3) is 4.08. The highest BCUT2D eigenvalue weighted by Crippen LogP contribution is 2.38. The second kappa shape index (κ2) is 9.64. The Kier molecular flexibility index (Phi) is 6.39. The van der Waals surface area contributed by atoms with E-state index in [1.54, 1.807) is 17.2 Å². The van der Waals surface area contributed by atoms with Crippen molar-refractivity contribution in [2.75, 3.05) is 5.32 Å². The van der Waals surface area contributed by atoms with Crippen LogP contribution in [0.3, 0.4) is 0 Å². The first-order valence-electron chi connectivity index (χ1n) is 11.8. The van der Waals surface area contributed by atoms with Gasteiger partial charge < -0.3 is 9.51 Å². The zero-order valence-corrected chi connectivity index (χ0v) is 21.2. The van der Waals surface area contributed by atoms with Gasteiger partial charge in [-0.3, -0.25) is 14.8 Å². The van der Waals surface area contributed by atoms with E-state index < -0.39 is 5.60 Å². The minimum absolute atomic E-state index is 0.246. The van der Waals surface area contributed by atoms with Crippen molar-refractivity contribution >= 4 is 32.0 Å². The van der Waals surface area contributed by atoms with Gasteiger partial charge in [0.15, 0.2) is 5.60 Å². The molecule has 3 aromatic heterocycles. The largest absolute Gasteiger partial charge is 0.374 e. The molecule has 9 heteroatoms. The fourth-order valence-corrected chi connectivity index (χ4v) is 4.80. The van der Waals surface area contributed by atoms with E-state index in [4.69, 9.17) is 4.98 Å². The summed E-state index contributed by atoms with van der Waals surface area (Å²) < 4.78 is 3.53. The zero-order valence-electron chi connectivity index (χ0n) is 20.1. The van der Waals surface area contributed by atoms with E-state index in [2.05, 4.69) is 24.6 Å². The van der Waals surface area contributed by atoms with Crippen LogP contribution >= 0.6 is 9.24 Å². The van der Waals surface area contributed by atoms with Gasteiger partial charge in [0.2, 0.25) is 5.95 Å². The summed E-state index contributed by atoms with van der Waals surface area (Å²) in [7, 11) is 2.60. The van der Waals surface area contributed by atoms with E-state index in [-0.39, 0.29) is 11.9 Å². The van der Waals surface area contributed by atoms with Crippen LogP contribution in [0.4, 0.5) is 5.95 Å². The van der Waals surface area contributed by atoms with Crippen molar-refractivity contribution in [3.05, 3.63) is 107 Å². The highest BCUT2D eigenvalue weighted by molar-refractivity contribution is 7.27. The van der Waals surface area contributed by atoms with Crippen molar-refractivity contribution < 1.29 is 9.90 Å². The molecule has 2 aromatic carbocycles. The van der Waals surface area contributed by atoms with Crippen molar-refractivity contribution in [1.29, 1.82) is 0 Å². The number of anilines is 1. The fraction of sp³-hybridized carbons (Fsp3) is 0.185. The summed E-state index contributed by atoms with van der Waals surface area (Å²) in [5, 5.41) is 20.0. The number of hydrogen-bond donors (Lipinski definition) is 2. The van der Waals surface area contributed by atoms with Gasteiger partial charge in [0.05, 0.1) is 5.56 Å². The number of aliphatic hydroxyl groups is 1. The zero-order chi connectivity index (χ0) is 25.3. The summed E-state index contributed by atoms with van der Waals surface area (Å²) in [5.74, 6) is -0.0784. The summed E-state index contributed by atoms with van der Waals surface area (Å²) >= 11 is 0. The first-order valence-corrected chi connectivity index (χ1v) is 12.4. The molecule has 3 heterocycles. The number of benzene rings is 2. The van der Waals surface area contributed by atoms with Gasteiger partial charge in [0.1, 0.15) is 17.7 Å². The van der Waals surface area contributed by atoms with Gasteiger partial charge in [-0.15, -0.1) is 14.3 Å². The standard InChI is InChI=1S/C27H27N6O2P/c1-3-21-24(27(35,18-11-7-5-8-12-18)19-13-9-6-10-14-19)29-23-15-22(36)20(16-33(21)23)25(34)30-26-28-17-32(4-2)31-26/h5-17,35H,3-4,36H2,1-2H3,(H,30,31,34). The number of hydrogen-bond acceptors (Lipinski definition) is 5. The number of amides is 1. The highest BCUT2D eigenvalue weighted by atomic mass is 31.0. The minimum atomic E-state index is -1.47. The molecule has 5 aromatic rings. The van der Waals surface area contributed by atoms with Gasteiger partial charge in [-0.2, -0.15) is 0 Å². The third-order valence-corrected chi connectivity index (χ3v) is 6.76. The molecule has 0 spiro atoms.